The van der Waals surface area contributed by atoms with E-state index in [4.69, 9.17) is 0 Å². The Bertz CT molecular complexity index is 512. The van der Waals surface area contributed by atoms with Crippen molar-refractivity contribution in [3.8, 4) is 0 Å². The zero-order valence-electron chi connectivity index (χ0n) is 14.3. The van der Waals surface area contributed by atoms with Crippen molar-refractivity contribution in [2.24, 2.45) is 0 Å². The molecule has 0 N–H and O–H groups in total. The number of aromatic nitrogens is 1. The summed E-state index contributed by atoms with van der Waals surface area (Å²) >= 11 is 0. The van der Waals surface area contributed by atoms with Gasteiger partial charge in [0.2, 0.25) is 0 Å². The normalized spacial score (nSPS) is 12.5. The van der Waals surface area contributed by atoms with E-state index >= 15 is 0 Å². The molecule has 0 aliphatic heterocycles. The molecule has 0 spiro atoms. The fourth-order valence-electron chi connectivity index (χ4n) is 3.04. The SMILES string of the molecule is CCCCCCCCC(C)c1ccn(Cc2ccccc2)c1. The molecule has 1 heterocycles. The lowest BCUT2D eigenvalue weighted by Gasteiger charge is -2.09. The highest BCUT2D eigenvalue weighted by atomic mass is 14.9. The maximum atomic E-state index is 2.37. The lowest BCUT2D eigenvalue weighted by atomic mass is 9.97. The van der Waals surface area contributed by atoms with E-state index in [9.17, 15) is 0 Å². The summed E-state index contributed by atoms with van der Waals surface area (Å²) in [6.07, 6.45) is 14.2. The van der Waals surface area contributed by atoms with Gasteiger partial charge >= 0.3 is 0 Å². The second-order valence-corrected chi connectivity index (χ2v) is 6.56. The van der Waals surface area contributed by atoms with Crippen LogP contribution >= 0.6 is 0 Å². The Kier molecular flexibility index (Phi) is 7.28. The van der Waals surface area contributed by atoms with Crippen LogP contribution in [0.5, 0.6) is 0 Å². The van der Waals surface area contributed by atoms with E-state index in [1.54, 1.807) is 0 Å². The quantitative estimate of drug-likeness (QED) is 0.448. The first-order valence-electron chi connectivity index (χ1n) is 8.99. The molecule has 0 bridgehead atoms. The summed E-state index contributed by atoms with van der Waals surface area (Å²) in [6, 6.07) is 13.0. The van der Waals surface area contributed by atoms with E-state index < -0.39 is 0 Å². The lowest BCUT2D eigenvalue weighted by Crippen LogP contribution is -1.97. The van der Waals surface area contributed by atoms with Crippen molar-refractivity contribution in [2.45, 2.75) is 71.3 Å². The van der Waals surface area contributed by atoms with E-state index in [-0.39, 0.29) is 0 Å². The number of nitrogens with zero attached hydrogens (tertiary/aromatic N) is 1. The molecule has 0 aliphatic rings. The van der Waals surface area contributed by atoms with Crippen molar-refractivity contribution in [3.63, 3.8) is 0 Å². The molecule has 0 saturated heterocycles. The first kappa shape index (κ1) is 16.9. The summed E-state index contributed by atoms with van der Waals surface area (Å²) in [5, 5.41) is 0. The molecule has 1 unspecified atom stereocenters. The third kappa shape index (κ3) is 5.71. The van der Waals surface area contributed by atoms with Crippen molar-refractivity contribution >= 4 is 0 Å². The zero-order valence-corrected chi connectivity index (χ0v) is 14.3. The van der Waals surface area contributed by atoms with E-state index in [1.807, 2.05) is 0 Å². The van der Waals surface area contributed by atoms with Gasteiger partial charge in [0.05, 0.1) is 0 Å². The fraction of sp³-hybridized carbons (Fsp3) is 0.524. The standard InChI is InChI=1S/C21H31N/c1-3-4-5-6-7-9-12-19(2)21-15-16-22(18-21)17-20-13-10-8-11-14-20/h8,10-11,13-16,18-19H,3-7,9,12,17H2,1-2H3. The molecule has 0 aliphatic carbocycles. The molecule has 1 heteroatoms. The molecule has 0 saturated carbocycles. The molecule has 120 valence electrons. The highest BCUT2D eigenvalue weighted by molar-refractivity contribution is 5.19. The van der Waals surface area contributed by atoms with Crippen LogP contribution in [0.15, 0.2) is 48.8 Å². The van der Waals surface area contributed by atoms with Gasteiger partial charge in [-0.3, -0.25) is 0 Å². The van der Waals surface area contributed by atoms with E-state index in [0.29, 0.717) is 5.92 Å². The molecule has 1 nitrogen and oxygen atoms in total. The molecule has 22 heavy (non-hydrogen) atoms. The second-order valence-electron chi connectivity index (χ2n) is 6.56. The number of hydrogen-bond donors (Lipinski definition) is 0. The van der Waals surface area contributed by atoms with Gasteiger partial charge in [-0.25, -0.2) is 0 Å². The molecule has 2 rings (SSSR count). The van der Waals surface area contributed by atoms with E-state index in [0.717, 1.165) is 6.54 Å². The van der Waals surface area contributed by atoms with Gasteiger partial charge < -0.3 is 4.57 Å². The van der Waals surface area contributed by atoms with Gasteiger partial charge in [-0.15, -0.1) is 0 Å². The third-order valence-corrected chi connectivity index (χ3v) is 4.54. The second kappa shape index (κ2) is 9.50. The van der Waals surface area contributed by atoms with Crippen LogP contribution in [0.2, 0.25) is 0 Å². The van der Waals surface area contributed by atoms with Crippen molar-refractivity contribution in [1.82, 2.24) is 4.57 Å². The molecular weight excluding hydrogens is 266 g/mol. The minimum atomic E-state index is 0.684. The molecule has 0 fully saturated rings. The maximum absolute atomic E-state index is 2.37. The van der Waals surface area contributed by atoms with Gasteiger partial charge in [-0.1, -0.05) is 82.7 Å². The van der Waals surface area contributed by atoms with Crippen LogP contribution in [0, 0.1) is 0 Å². The number of rotatable bonds is 10. The molecule has 1 aromatic carbocycles. The lowest BCUT2D eigenvalue weighted by molar-refractivity contribution is 0.556. The molecule has 0 amide bonds. The summed E-state index contributed by atoms with van der Waals surface area (Å²) in [4.78, 5) is 0. The van der Waals surface area contributed by atoms with E-state index in [1.165, 1.54) is 56.1 Å². The Morgan fingerprint density at radius 1 is 0.909 bits per heavy atom. The summed E-state index contributed by atoms with van der Waals surface area (Å²) in [7, 11) is 0. The summed E-state index contributed by atoms with van der Waals surface area (Å²) in [5.41, 5.74) is 2.86. The van der Waals surface area contributed by atoms with Gasteiger partial charge in [-0.2, -0.15) is 0 Å². The molecule has 1 aromatic heterocycles. The van der Waals surface area contributed by atoms with Crippen molar-refractivity contribution in [3.05, 3.63) is 59.9 Å². The van der Waals surface area contributed by atoms with Crippen LogP contribution in [-0.4, -0.2) is 4.57 Å². The highest BCUT2D eigenvalue weighted by Gasteiger charge is 2.07. The van der Waals surface area contributed by atoms with Crippen LogP contribution in [0.1, 0.15) is 75.8 Å². The summed E-state index contributed by atoms with van der Waals surface area (Å²) < 4.78 is 2.31. The van der Waals surface area contributed by atoms with Crippen molar-refractivity contribution in [1.29, 1.82) is 0 Å². The third-order valence-electron chi connectivity index (χ3n) is 4.54. The molecule has 0 radical (unpaired) electrons. The van der Waals surface area contributed by atoms with Crippen LogP contribution in [0.25, 0.3) is 0 Å². The van der Waals surface area contributed by atoms with Gasteiger partial charge in [0.1, 0.15) is 0 Å². The Balaban J connectivity index is 1.73. The summed E-state index contributed by atoms with van der Waals surface area (Å²) in [5.74, 6) is 0.684. The van der Waals surface area contributed by atoms with Crippen LogP contribution < -0.4 is 0 Å². The van der Waals surface area contributed by atoms with Gasteiger partial charge in [0, 0.05) is 18.9 Å². The average Bonchev–Trinajstić information content (AvgIpc) is 3.00. The van der Waals surface area contributed by atoms with E-state index in [2.05, 4.69) is 67.2 Å². The van der Waals surface area contributed by atoms with Gasteiger partial charge in [0.25, 0.3) is 0 Å². The largest absolute Gasteiger partial charge is 0.350 e. The van der Waals surface area contributed by atoms with Crippen molar-refractivity contribution < 1.29 is 0 Å². The Hall–Kier alpha value is -1.50. The molecule has 1 atom stereocenters. The Morgan fingerprint density at radius 2 is 1.64 bits per heavy atom. The maximum Gasteiger partial charge on any atom is 0.0470 e. The first-order chi connectivity index (χ1) is 10.8. The Labute approximate surface area is 136 Å². The van der Waals surface area contributed by atoms with Crippen LogP contribution in [0.3, 0.4) is 0 Å². The van der Waals surface area contributed by atoms with Crippen LogP contribution in [-0.2, 0) is 6.54 Å². The van der Waals surface area contributed by atoms with Gasteiger partial charge in [0.15, 0.2) is 0 Å². The monoisotopic (exact) mass is 297 g/mol. The molecule has 2 aromatic rings. The first-order valence-corrected chi connectivity index (χ1v) is 8.99. The number of unbranched alkanes of at least 4 members (excludes halogenated alkanes) is 5. The Morgan fingerprint density at radius 3 is 2.41 bits per heavy atom. The smallest absolute Gasteiger partial charge is 0.0470 e. The summed E-state index contributed by atoms with van der Waals surface area (Å²) in [6.45, 7) is 5.63. The highest BCUT2D eigenvalue weighted by Crippen LogP contribution is 2.23. The molecular formula is C21H31N. The predicted octanol–water partition coefficient (Wildman–Crippen LogP) is 6.39. The number of benzene rings is 1. The minimum absolute atomic E-state index is 0.684. The topological polar surface area (TPSA) is 4.93 Å². The zero-order chi connectivity index (χ0) is 15.6. The van der Waals surface area contributed by atoms with Crippen LogP contribution in [0.4, 0.5) is 0 Å². The average molecular weight is 297 g/mol. The van der Waals surface area contributed by atoms with Gasteiger partial charge in [-0.05, 0) is 29.5 Å². The minimum Gasteiger partial charge on any atom is -0.350 e. The van der Waals surface area contributed by atoms with Crippen molar-refractivity contribution in [2.75, 3.05) is 0 Å². The predicted molar refractivity (Wildman–Crippen MR) is 96.4 cm³/mol. The fourth-order valence-corrected chi connectivity index (χ4v) is 3.04. The number of hydrogen-bond acceptors (Lipinski definition) is 0.